The molecule has 0 aliphatic carbocycles. The zero-order chi connectivity index (χ0) is 26.7. The first-order valence-electron chi connectivity index (χ1n) is 12.2. The van der Waals surface area contributed by atoms with Gasteiger partial charge in [-0.05, 0) is 46.7 Å². The Bertz CT molecular complexity index is 1350. The Hall–Kier alpha value is -4.19. The number of carbonyl (C=O) groups excluding carboxylic acids is 3. The summed E-state index contributed by atoms with van der Waals surface area (Å²) in [4.78, 5) is 40.5. The number of aliphatic hydroxyl groups is 1. The molecule has 37 heavy (non-hydrogen) atoms. The van der Waals surface area contributed by atoms with Crippen LogP contribution in [0, 0.1) is 0 Å². The molecule has 1 aliphatic rings. The highest BCUT2D eigenvalue weighted by atomic mass is 16.5. The van der Waals surface area contributed by atoms with Gasteiger partial charge in [0.25, 0.3) is 5.91 Å². The first kappa shape index (κ1) is 25.9. The van der Waals surface area contributed by atoms with Gasteiger partial charge in [-0.3, -0.25) is 14.5 Å². The monoisotopic (exact) mass is 497 g/mol. The Kier molecular flexibility index (Phi) is 7.30. The Balaban J connectivity index is 1.76. The third kappa shape index (κ3) is 5.33. The van der Waals surface area contributed by atoms with Gasteiger partial charge in [-0.1, -0.05) is 81.4 Å². The van der Waals surface area contributed by atoms with E-state index in [0.717, 1.165) is 11.1 Å². The largest absolute Gasteiger partial charge is 0.503 e. The molecule has 1 N–H and O–H groups in total. The van der Waals surface area contributed by atoms with Crippen LogP contribution in [0.4, 0.5) is 5.69 Å². The van der Waals surface area contributed by atoms with Gasteiger partial charge >= 0.3 is 5.97 Å². The molecule has 1 amide bonds. The van der Waals surface area contributed by atoms with Crippen molar-refractivity contribution in [2.75, 3.05) is 12.0 Å². The van der Waals surface area contributed by atoms with Crippen molar-refractivity contribution in [1.82, 2.24) is 0 Å². The normalized spacial score (nSPS) is 15.7. The van der Waals surface area contributed by atoms with Crippen LogP contribution in [-0.2, 0) is 26.2 Å². The molecule has 6 nitrogen and oxygen atoms in total. The summed E-state index contributed by atoms with van der Waals surface area (Å²) in [5.74, 6) is -2.09. The molecule has 0 radical (unpaired) electrons. The highest BCUT2D eigenvalue weighted by Gasteiger charge is 2.44. The summed E-state index contributed by atoms with van der Waals surface area (Å²) in [5.41, 5.74) is 3.42. The van der Waals surface area contributed by atoms with E-state index in [4.69, 9.17) is 4.74 Å². The molecule has 6 heteroatoms. The Morgan fingerprint density at radius 3 is 2.24 bits per heavy atom. The second-order valence-electron chi connectivity index (χ2n) is 10.2. The Labute approximate surface area is 217 Å². The minimum atomic E-state index is -0.835. The van der Waals surface area contributed by atoms with Crippen molar-refractivity contribution >= 4 is 23.3 Å². The molecule has 0 fully saturated rings. The van der Waals surface area contributed by atoms with Crippen molar-refractivity contribution in [3.63, 3.8) is 0 Å². The minimum absolute atomic E-state index is 0.0629. The lowest BCUT2D eigenvalue weighted by molar-refractivity contribution is -0.118. The topological polar surface area (TPSA) is 83.9 Å². The van der Waals surface area contributed by atoms with E-state index in [1.807, 2.05) is 54.6 Å². The summed E-state index contributed by atoms with van der Waals surface area (Å²) in [5, 5.41) is 11.0. The van der Waals surface area contributed by atoms with Crippen molar-refractivity contribution in [2.45, 2.75) is 45.1 Å². The van der Waals surface area contributed by atoms with E-state index in [2.05, 4.69) is 20.8 Å². The van der Waals surface area contributed by atoms with Crippen molar-refractivity contribution in [1.29, 1.82) is 0 Å². The number of aryl methyl sites for hydroxylation is 1. The average Bonchev–Trinajstić information content (AvgIpc) is 3.17. The van der Waals surface area contributed by atoms with Gasteiger partial charge in [0.2, 0.25) is 0 Å². The van der Waals surface area contributed by atoms with E-state index in [9.17, 15) is 19.5 Å². The van der Waals surface area contributed by atoms with Crippen LogP contribution < -0.4 is 4.90 Å². The summed E-state index contributed by atoms with van der Waals surface area (Å²) < 4.78 is 4.84. The lowest BCUT2D eigenvalue weighted by Gasteiger charge is -2.28. The van der Waals surface area contributed by atoms with Crippen LogP contribution in [0.5, 0.6) is 0 Å². The second kappa shape index (κ2) is 10.4. The van der Waals surface area contributed by atoms with Gasteiger partial charge in [0, 0.05) is 12.1 Å². The summed E-state index contributed by atoms with van der Waals surface area (Å²) >= 11 is 0. The van der Waals surface area contributed by atoms with Crippen LogP contribution in [-0.4, -0.2) is 29.9 Å². The van der Waals surface area contributed by atoms with Crippen LogP contribution in [0.3, 0.4) is 0 Å². The molecule has 4 rings (SSSR count). The highest BCUT2D eigenvalue weighted by molar-refractivity contribution is 6.16. The fraction of sp³-hybridized carbons (Fsp3) is 0.258. The Morgan fingerprint density at radius 2 is 1.62 bits per heavy atom. The van der Waals surface area contributed by atoms with Crippen LogP contribution >= 0.6 is 0 Å². The number of aliphatic hydroxyl groups excluding tert-OH is 1. The molecular weight excluding hydrogens is 466 g/mol. The van der Waals surface area contributed by atoms with E-state index >= 15 is 0 Å². The van der Waals surface area contributed by atoms with Gasteiger partial charge in [-0.2, -0.15) is 0 Å². The van der Waals surface area contributed by atoms with Crippen molar-refractivity contribution in [3.8, 4) is 0 Å². The predicted octanol–water partition coefficient (Wildman–Crippen LogP) is 5.87. The van der Waals surface area contributed by atoms with E-state index < -0.39 is 23.7 Å². The number of methoxy groups -OCH3 is 1. The van der Waals surface area contributed by atoms with Crippen molar-refractivity contribution in [2.24, 2.45) is 0 Å². The summed E-state index contributed by atoms with van der Waals surface area (Å²) in [6.07, 6.45) is 0.626. The molecule has 0 bridgehead atoms. The van der Waals surface area contributed by atoms with E-state index in [1.54, 1.807) is 18.2 Å². The zero-order valence-corrected chi connectivity index (χ0v) is 21.5. The number of amides is 1. The van der Waals surface area contributed by atoms with Gasteiger partial charge in [0.1, 0.15) is 0 Å². The number of rotatable bonds is 7. The number of Topliss-reactive ketones (excluding diaryl/α,β-unsaturated/α-hetero) is 1. The first-order chi connectivity index (χ1) is 17.6. The predicted molar refractivity (Wildman–Crippen MR) is 143 cm³/mol. The summed E-state index contributed by atoms with van der Waals surface area (Å²) in [6.45, 7) is 6.32. The van der Waals surface area contributed by atoms with Crippen LogP contribution in [0.1, 0.15) is 60.3 Å². The lowest BCUT2D eigenvalue weighted by Crippen LogP contribution is -2.31. The molecule has 1 heterocycles. The van der Waals surface area contributed by atoms with Gasteiger partial charge in [0.15, 0.2) is 11.5 Å². The molecule has 0 saturated heterocycles. The van der Waals surface area contributed by atoms with Crippen LogP contribution in [0.15, 0.2) is 90.2 Å². The number of hydrogen-bond acceptors (Lipinski definition) is 5. The number of benzene rings is 3. The second-order valence-corrected chi connectivity index (χ2v) is 10.2. The van der Waals surface area contributed by atoms with Gasteiger partial charge in [-0.15, -0.1) is 0 Å². The van der Waals surface area contributed by atoms with Crippen molar-refractivity contribution < 1.29 is 24.2 Å². The maximum atomic E-state index is 13.5. The molecular formula is C31H31NO5. The Morgan fingerprint density at radius 1 is 0.946 bits per heavy atom. The molecule has 1 atom stereocenters. The molecule has 1 unspecified atom stereocenters. The smallest absolute Gasteiger partial charge is 0.337 e. The molecule has 0 aromatic heterocycles. The third-order valence-electron chi connectivity index (χ3n) is 6.63. The molecule has 1 aliphatic heterocycles. The highest BCUT2D eigenvalue weighted by Crippen LogP contribution is 2.42. The molecule has 0 saturated carbocycles. The standard InChI is InChI=1S/C31H31NO5/c1-31(2,3)23-16-14-21(15-17-23)27-26(25(33)18-13-20-9-6-5-7-10-20)28(34)29(35)32(27)24-12-8-11-22(19-24)30(36)37-4/h5-12,14-17,19,27,34H,13,18H2,1-4H3. The summed E-state index contributed by atoms with van der Waals surface area (Å²) in [7, 11) is 1.28. The minimum Gasteiger partial charge on any atom is -0.503 e. The SMILES string of the molecule is COC(=O)c1cccc(N2C(=O)C(O)=C(C(=O)CCc3ccccc3)C2c2ccc(C(C)(C)C)cc2)c1. The number of carbonyl (C=O) groups is 3. The number of nitrogens with zero attached hydrogens (tertiary/aromatic N) is 1. The van der Waals surface area contributed by atoms with E-state index in [0.29, 0.717) is 17.7 Å². The number of hydrogen-bond donors (Lipinski definition) is 1. The number of esters is 1. The van der Waals surface area contributed by atoms with Gasteiger partial charge < -0.3 is 9.84 Å². The first-order valence-corrected chi connectivity index (χ1v) is 12.2. The number of anilines is 1. The van der Waals surface area contributed by atoms with Gasteiger partial charge in [0.05, 0.1) is 24.3 Å². The van der Waals surface area contributed by atoms with E-state index in [-0.39, 0.29) is 28.8 Å². The van der Waals surface area contributed by atoms with E-state index in [1.165, 1.54) is 18.1 Å². The zero-order valence-electron chi connectivity index (χ0n) is 21.5. The maximum absolute atomic E-state index is 13.5. The third-order valence-corrected chi connectivity index (χ3v) is 6.63. The van der Waals surface area contributed by atoms with Crippen molar-refractivity contribution in [3.05, 3.63) is 112 Å². The molecule has 190 valence electrons. The fourth-order valence-electron chi connectivity index (χ4n) is 4.57. The van der Waals surface area contributed by atoms with Crippen LogP contribution in [0.2, 0.25) is 0 Å². The fourth-order valence-corrected chi connectivity index (χ4v) is 4.57. The average molecular weight is 498 g/mol. The lowest BCUT2D eigenvalue weighted by atomic mass is 9.85. The quantitative estimate of drug-likeness (QED) is 0.413. The summed E-state index contributed by atoms with van der Waals surface area (Å²) in [6, 6.07) is 22.9. The van der Waals surface area contributed by atoms with Gasteiger partial charge in [-0.25, -0.2) is 4.79 Å². The molecule has 0 spiro atoms. The molecule has 3 aromatic carbocycles. The number of ketones is 1. The molecule has 3 aromatic rings. The maximum Gasteiger partial charge on any atom is 0.337 e. The number of ether oxygens (including phenoxy) is 1. The van der Waals surface area contributed by atoms with Crippen LogP contribution in [0.25, 0.3) is 0 Å².